The van der Waals surface area contributed by atoms with Crippen molar-refractivity contribution in [3.63, 3.8) is 0 Å². The summed E-state index contributed by atoms with van der Waals surface area (Å²) in [5.74, 6) is 0.643. The van der Waals surface area contributed by atoms with Gasteiger partial charge in [0.15, 0.2) is 0 Å². The van der Waals surface area contributed by atoms with E-state index < -0.39 is 0 Å². The minimum atomic E-state index is 0.643. The normalized spacial score (nSPS) is 10.8. The van der Waals surface area contributed by atoms with Gasteiger partial charge in [0.1, 0.15) is 0 Å². The number of benzene rings is 1. The molecule has 0 unspecified atom stereocenters. The second-order valence-corrected chi connectivity index (χ2v) is 3.95. The molecule has 0 atom stereocenters. The van der Waals surface area contributed by atoms with Gasteiger partial charge in [0.2, 0.25) is 0 Å². The van der Waals surface area contributed by atoms with Crippen LogP contribution in [0.15, 0.2) is 12.1 Å². The standard InChI is InChI=1S/C12H18/c1-8(2)12-7-10(4)9(3)6-11(12)5/h6-8H,1-5H3. The Balaban J connectivity index is 3.23. The summed E-state index contributed by atoms with van der Waals surface area (Å²) in [6, 6.07) is 4.60. The van der Waals surface area contributed by atoms with Crippen LogP contribution in [0.3, 0.4) is 0 Å². The van der Waals surface area contributed by atoms with Gasteiger partial charge in [-0.05, 0) is 48.9 Å². The smallest absolute Gasteiger partial charge is 0.0216 e. The molecule has 0 nitrogen and oxygen atoms in total. The van der Waals surface area contributed by atoms with Crippen molar-refractivity contribution in [2.75, 3.05) is 0 Å². The van der Waals surface area contributed by atoms with Crippen LogP contribution in [0, 0.1) is 20.8 Å². The van der Waals surface area contributed by atoms with Gasteiger partial charge < -0.3 is 0 Å². The van der Waals surface area contributed by atoms with E-state index in [1.165, 1.54) is 22.3 Å². The predicted molar refractivity (Wildman–Crippen MR) is 54.7 cm³/mol. The molecule has 0 saturated heterocycles. The molecule has 0 saturated carbocycles. The Hall–Kier alpha value is -0.780. The minimum absolute atomic E-state index is 0.643. The van der Waals surface area contributed by atoms with Gasteiger partial charge in [-0.2, -0.15) is 0 Å². The summed E-state index contributed by atoms with van der Waals surface area (Å²) >= 11 is 0. The largest absolute Gasteiger partial charge is 0.0587 e. The molecule has 0 radical (unpaired) electrons. The summed E-state index contributed by atoms with van der Waals surface area (Å²) in [4.78, 5) is 0. The second kappa shape index (κ2) is 3.30. The molecular formula is C12H18. The Kier molecular flexibility index (Phi) is 2.56. The molecule has 1 aromatic rings. The van der Waals surface area contributed by atoms with Gasteiger partial charge in [-0.1, -0.05) is 26.0 Å². The van der Waals surface area contributed by atoms with Crippen molar-refractivity contribution < 1.29 is 0 Å². The molecule has 0 heteroatoms. The lowest BCUT2D eigenvalue weighted by Crippen LogP contribution is -1.94. The fourth-order valence-electron chi connectivity index (χ4n) is 1.60. The summed E-state index contributed by atoms with van der Waals surface area (Å²) in [5.41, 5.74) is 5.72. The van der Waals surface area contributed by atoms with Crippen molar-refractivity contribution in [1.82, 2.24) is 0 Å². The molecule has 0 N–H and O–H groups in total. The molecular weight excluding hydrogens is 144 g/mol. The first-order valence-corrected chi connectivity index (χ1v) is 4.60. The van der Waals surface area contributed by atoms with Gasteiger partial charge in [0.05, 0.1) is 0 Å². The van der Waals surface area contributed by atoms with Crippen LogP contribution in [-0.4, -0.2) is 0 Å². The van der Waals surface area contributed by atoms with Crippen LogP contribution < -0.4 is 0 Å². The number of aryl methyl sites for hydroxylation is 3. The van der Waals surface area contributed by atoms with Crippen LogP contribution >= 0.6 is 0 Å². The highest BCUT2D eigenvalue weighted by Gasteiger charge is 2.04. The Morgan fingerprint density at radius 2 is 1.33 bits per heavy atom. The molecule has 0 amide bonds. The van der Waals surface area contributed by atoms with Crippen LogP contribution in [0.25, 0.3) is 0 Å². The summed E-state index contributed by atoms with van der Waals surface area (Å²) < 4.78 is 0. The highest BCUT2D eigenvalue weighted by molar-refractivity contribution is 5.37. The van der Waals surface area contributed by atoms with E-state index in [4.69, 9.17) is 0 Å². The molecule has 0 bridgehead atoms. The van der Waals surface area contributed by atoms with Crippen molar-refractivity contribution in [3.8, 4) is 0 Å². The maximum Gasteiger partial charge on any atom is -0.0216 e. The number of rotatable bonds is 1. The van der Waals surface area contributed by atoms with Crippen molar-refractivity contribution in [1.29, 1.82) is 0 Å². The zero-order valence-corrected chi connectivity index (χ0v) is 8.73. The molecule has 1 rings (SSSR count). The van der Waals surface area contributed by atoms with Crippen LogP contribution in [0.4, 0.5) is 0 Å². The number of hydrogen-bond acceptors (Lipinski definition) is 0. The lowest BCUT2D eigenvalue weighted by Gasteiger charge is -2.12. The van der Waals surface area contributed by atoms with Crippen LogP contribution in [0.2, 0.25) is 0 Å². The Morgan fingerprint density at radius 1 is 0.833 bits per heavy atom. The summed E-state index contributed by atoms with van der Waals surface area (Å²) in [6.45, 7) is 11.0. The topological polar surface area (TPSA) is 0 Å². The first-order valence-electron chi connectivity index (χ1n) is 4.60. The number of hydrogen-bond donors (Lipinski definition) is 0. The van der Waals surface area contributed by atoms with E-state index in [0.29, 0.717) is 5.92 Å². The molecule has 0 aliphatic rings. The first kappa shape index (κ1) is 9.31. The fourth-order valence-corrected chi connectivity index (χ4v) is 1.60. The maximum absolute atomic E-state index is 2.31. The van der Waals surface area contributed by atoms with Crippen molar-refractivity contribution in [2.45, 2.75) is 40.5 Å². The van der Waals surface area contributed by atoms with Gasteiger partial charge in [0.25, 0.3) is 0 Å². The van der Waals surface area contributed by atoms with Gasteiger partial charge in [0, 0.05) is 0 Å². The maximum atomic E-state index is 2.31. The SMILES string of the molecule is Cc1cc(C)c(C(C)C)cc1C. The first-order chi connectivity index (χ1) is 5.52. The predicted octanol–water partition coefficient (Wildman–Crippen LogP) is 3.74. The molecule has 0 aliphatic carbocycles. The Bertz CT molecular complexity index is 282. The lowest BCUT2D eigenvalue weighted by atomic mass is 9.94. The Morgan fingerprint density at radius 3 is 1.83 bits per heavy atom. The van der Waals surface area contributed by atoms with E-state index in [0.717, 1.165) is 0 Å². The second-order valence-electron chi connectivity index (χ2n) is 3.95. The van der Waals surface area contributed by atoms with Crippen LogP contribution in [0.5, 0.6) is 0 Å². The third kappa shape index (κ3) is 1.69. The molecule has 0 aromatic heterocycles. The monoisotopic (exact) mass is 162 g/mol. The van der Waals surface area contributed by atoms with E-state index in [2.05, 4.69) is 46.8 Å². The van der Waals surface area contributed by atoms with E-state index in [1.54, 1.807) is 0 Å². The minimum Gasteiger partial charge on any atom is -0.0587 e. The van der Waals surface area contributed by atoms with Gasteiger partial charge in [-0.25, -0.2) is 0 Å². The lowest BCUT2D eigenvalue weighted by molar-refractivity contribution is 0.853. The van der Waals surface area contributed by atoms with E-state index in [9.17, 15) is 0 Å². The molecule has 0 fully saturated rings. The van der Waals surface area contributed by atoms with Crippen LogP contribution in [-0.2, 0) is 0 Å². The van der Waals surface area contributed by atoms with Crippen molar-refractivity contribution in [2.24, 2.45) is 0 Å². The van der Waals surface area contributed by atoms with E-state index in [1.807, 2.05) is 0 Å². The third-order valence-corrected chi connectivity index (χ3v) is 2.50. The summed E-state index contributed by atoms with van der Waals surface area (Å²) in [6.07, 6.45) is 0. The van der Waals surface area contributed by atoms with E-state index >= 15 is 0 Å². The zero-order valence-electron chi connectivity index (χ0n) is 8.73. The molecule has 0 heterocycles. The zero-order chi connectivity index (χ0) is 9.30. The Labute approximate surface area is 75.6 Å². The van der Waals surface area contributed by atoms with Gasteiger partial charge >= 0.3 is 0 Å². The van der Waals surface area contributed by atoms with Gasteiger partial charge in [-0.3, -0.25) is 0 Å². The highest BCUT2D eigenvalue weighted by Crippen LogP contribution is 2.22. The fraction of sp³-hybridized carbons (Fsp3) is 0.500. The molecule has 12 heavy (non-hydrogen) atoms. The summed E-state index contributed by atoms with van der Waals surface area (Å²) in [7, 11) is 0. The third-order valence-electron chi connectivity index (χ3n) is 2.50. The van der Waals surface area contributed by atoms with Crippen molar-refractivity contribution >= 4 is 0 Å². The molecule has 66 valence electrons. The average Bonchev–Trinajstić information content (AvgIpc) is 1.96. The highest BCUT2D eigenvalue weighted by atomic mass is 14.1. The van der Waals surface area contributed by atoms with Crippen molar-refractivity contribution in [3.05, 3.63) is 34.4 Å². The van der Waals surface area contributed by atoms with Gasteiger partial charge in [-0.15, -0.1) is 0 Å². The van der Waals surface area contributed by atoms with Crippen LogP contribution in [0.1, 0.15) is 42.0 Å². The molecule has 0 aliphatic heterocycles. The molecule has 1 aromatic carbocycles. The van der Waals surface area contributed by atoms with E-state index in [-0.39, 0.29) is 0 Å². The quantitative estimate of drug-likeness (QED) is 0.590. The molecule has 0 spiro atoms. The average molecular weight is 162 g/mol. The summed E-state index contributed by atoms with van der Waals surface area (Å²) in [5, 5.41) is 0.